The molecule has 5 heteroatoms. The molecule has 1 aliphatic rings. The van der Waals surface area contributed by atoms with Gasteiger partial charge < -0.3 is 18.9 Å². The van der Waals surface area contributed by atoms with E-state index < -0.39 is 18.3 Å². The molecule has 5 nitrogen and oxygen atoms in total. The summed E-state index contributed by atoms with van der Waals surface area (Å²) in [4.78, 5) is 13.6. The van der Waals surface area contributed by atoms with Crippen LogP contribution in [-0.4, -0.2) is 30.7 Å². The maximum absolute atomic E-state index is 13.6. The summed E-state index contributed by atoms with van der Waals surface area (Å²) >= 11 is 0. The van der Waals surface area contributed by atoms with Gasteiger partial charge in [0.2, 0.25) is 0 Å². The van der Waals surface area contributed by atoms with Crippen LogP contribution in [0, 0.1) is 5.92 Å². The fourth-order valence-corrected chi connectivity index (χ4v) is 5.07. The topological polar surface area (TPSA) is 54.0 Å². The minimum absolute atomic E-state index is 0.0156. The second-order valence-corrected chi connectivity index (χ2v) is 10.2. The van der Waals surface area contributed by atoms with Crippen LogP contribution in [0.5, 0.6) is 0 Å². The van der Waals surface area contributed by atoms with Crippen LogP contribution in [0.2, 0.25) is 0 Å². The normalized spacial score (nSPS) is 20.9. The quantitative estimate of drug-likeness (QED) is 0.194. The van der Waals surface area contributed by atoms with Gasteiger partial charge in [0.25, 0.3) is 0 Å². The lowest BCUT2D eigenvalue weighted by molar-refractivity contribution is -0.196. The lowest BCUT2D eigenvalue weighted by Crippen LogP contribution is -2.55. The van der Waals surface area contributed by atoms with E-state index in [1.807, 2.05) is 121 Å². The predicted octanol–water partition coefficient (Wildman–Crippen LogP) is 6.55. The monoisotopic (exact) mass is 536 g/mol. The zero-order chi connectivity index (χ0) is 27.4. The summed E-state index contributed by atoms with van der Waals surface area (Å²) in [5.41, 5.74) is 4.19. The van der Waals surface area contributed by atoms with Gasteiger partial charge in [-0.25, -0.2) is 0 Å². The molecule has 1 fully saturated rings. The highest BCUT2D eigenvalue weighted by Gasteiger charge is 2.46. The Morgan fingerprint density at radius 3 is 1.38 bits per heavy atom. The van der Waals surface area contributed by atoms with Crippen molar-refractivity contribution in [3.63, 3.8) is 0 Å². The summed E-state index contributed by atoms with van der Waals surface area (Å²) in [5.74, 6) is -0.154. The first kappa shape index (κ1) is 27.9. The molecule has 206 valence electrons. The fourth-order valence-electron chi connectivity index (χ4n) is 5.07. The lowest BCUT2D eigenvalue weighted by Gasteiger charge is -2.41. The number of Topliss-reactive ketones (excluding diaryl/α,β-unsaturated/α-hetero) is 1. The lowest BCUT2D eigenvalue weighted by atomic mass is 9.81. The Morgan fingerprint density at radius 1 is 0.500 bits per heavy atom. The van der Waals surface area contributed by atoms with Crippen molar-refractivity contribution in [1.29, 1.82) is 0 Å². The van der Waals surface area contributed by atoms with Gasteiger partial charge in [0.05, 0.1) is 39.1 Å². The second kappa shape index (κ2) is 14.7. The van der Waals surface area contributed by atoms with Crippen molar-refractivity contribution in [3.05, 3.63) is 144 Å². The molecule has 0 radical (unpaired) electrons. The van der Waals surface area contributed by atoms with E-state index in [4.69, 9.17) is 18.9 Å². The van der Waals surface area contributed by atoms with E-state index in [1.54, 1.807) is 0 Å². The second-order valence-electron chi connectivity index (χ2n) is 10.2. The van der Waals surface area contributed by atoms with Crippen LogP contribution in [0.25, 0.3) is 0 Å². The molecule has 4 aromatic carbocycles. The molecule has 0 N–H and O–H groups in total. The number of ether oxygens (including phenoxy) is 4. The standard InChI is InChI=1S/C35H36O5/c36-32-21-31(26-37-22-27-13-5-1-6-14-27)33(38-23-28-15-7-2-8-16-28)35(40-25-30-19-11-4-12-20-30)34(32)39-24-29-17-9-3-10-18-29/h1-20,31,33-35H,21-26H2/t31?,33-,34+,35+/m1/s1. The number of hydrogen-bond acceptors (Lipinski definition) is 5. The first-order chi connectivity index (χ1) is 19.8. The molecule has 4 aromatic rings. The zero-order valence-corrected chi connectivity index (χ0v) is 22.6. The van der Waals surface area contributed by atoms with Gasteiger partial charge in [-0.3, -0.25) is 4.79 Å². The molecule has 0 heterocycles. The Labute approximate surface area is 236 Å². The SMILES string of the molecule is O=C1CC(COCc2ccccc2)[C@@H](OCc2ccccc2)[C@H](OCc2ccccc2)[C@H]1OCc1ccccc1. The molecule has 1 unspecified atom stereocenters. The van der Waals surface area contributed by atoms with Crippen molar-refractivity contribution >= 4 is 5.78 Å². The Bertz CT molecular complexity index is 1280. The molecule has 40 heavy (non-hydrogen) atoms. The number of hydrogen-bond donors (Lipinski definition) is 0. The number of carbonyl (C=O) groups excluding carboxylic acids is 1. The van der Waals surface area contributed by atoms with Crippen molar-refractivity contribution in [3.8, 4) is 0 Å². The Hall–Kier alpha value is -3.61. The van der Waals surface area contributed by atoms with Gasteiger partial charge >= 0.3 is 0 Å². The first-order valence-corrected chi connectivity index (χ1v) is 13.9. The van der Waals surface area contributed by atoms with Crippen molar-refractivity contribution in [2.75, 3.05) is 6.61 Å². The molecule has 4 atom stereocenters. The van der Waals surface area contributed by atoms with E-state index in [9.17, 15) is 4.79 Å². The van der Waals surface area contributed by atoms with Crippen LogP contribution < -0.4 is 0 Å². The fraction of sp³-hybridized carbons (Fsp3) is 0.286. The van der Waals surface area contributed by atoms with E-state index in [1.165, 1.54) is 0 Å². The Morgan fingerprint density at radius 2 is 0.900 bits per heavy atom. The van der Waals surface area contributed by atoms with E-state index in [-0.39, 0.29) is 11.7 Å². The number of carbonyl (C=O) groups is 1. The van der Waals surface area contributed by atoms with E-state index in [2.05, 4.69) is 0 Å². The van der Waals surface area contributed by atoms with E-state index in [0.29, 0.717) is 39.5 Å². The van der Waals surface area contributed by atoms with Gasteiger partial charge in [-0.15, -0.1) is 0 Å². The third-order valence-corrected chi connectivity index (χ3v) is 7.15. The van der Waals surface area contributed by atoms with Crippen molar-refractivity contribution in [2.24, 2.45) is 5.92 Å². The highest BCUT2D eigenvalue weighted by Crippen LogP contribution is 2.32. The smallest absolute Gasteiger partial charge is 0.164 e. The van der Waals surface area contributed by atoms with Crippen LogP contribution in [0.4, 0.5) is 0 Å². The molecular formula is C35H36O5. The summed E-state index contributed by atoms with van der Waals surface area (Å²) in [7, 11) is 0. The number of benzene rings is 4. The van der Waals surface area contributed by atoms with Crippen molar-refractivity contribution < 1.29 is 23.7 Å². The molecule has 0 aliphatic heterocycles. The highest BCUT2D eigenvalue weighted by molar-refractivity contribution is 5.85. The molecule has 0 saturated heterocycles. The van der Waals surface area contributed by atoms with Crippen LogP contribution >= 0.6 is 0 Å². The van der Waals surface area contributed by atoms with Gasteiger partial charge in [0.1, 0.15) is 12.2 Å². The summed E-state index contributed by atoms with van der Waals surface area (Å²) in [6.45, 7) is 1.94. The van der Waals surface area contributed by atoms with Gasteiger partial charge in [0.15, 0.2) is 5.78 Å². The van der Waals surface area contributed by atoms with Gasteiger partial charge in [-0.05, 0) is 22.3 Å². The molecular weight excluding hydrogens is 500 g/mol. The van der Waals surface area contributed by atoms with Crippen LogP contribution in [-0.2, 0) is 50.2 Å². The zero-order valence-electron chi connectivity index (χ0n) is 22.6. The molecule has 1 saturated carbocycles. The average molecular weight is 537 g/mol. The third-order valence-electron chi connectivity index (χ3n) is 7.15. The molecule has 0 spiro atoms. The molecule has 5 rings (SSSR count). The highest BCUT2D eigenvalue weighted by atomic mass is 16.6. The van der Waals surface area contributed by atoms with Gasteiger partial charge in [0, 0.05) is 12.3 Å². The number of rotatable bonds is 13. The largest absolute Gasteiger partial charge is 0.376 e. The van der Waals surface area contributed by atoms with Crippen LogP contribution in [0.1, 0.15) is 28.7 Å². The maximum Gasteiger partial charge on any atom is 0.164 e. The maximum atomic E-state index is 13.6. The molecule has 0 amide bonds. The third kappa shape index (κ3) is 7.96. The Kier molecular flexibility index (Phi) is 10.3. The van der Waals surface area contributed by atoms with Crippen LogP contribution in [0.3, 0.4) is 0 Å². The molecule has 1 aliphatic carbocycles. The number of ketones is 1. The minimum atomic E-state index is -0.741. The van der Waals surface area contributed by atoms with Crippen molar-refractivity contribution in [1.82, 2.24) is 0 Å². The molecule has 0 aromatic heterocycles. The summed E-state index contributed by atoms with van der Waals surface area (Å²) < 4.78 is 25.5. The van der Waals surface area contributed by atoms with E-state index >= 15 is 0 Å². The minimum Gasteiger partial charge on any atom is -0.376 e. The summed E-state index contributed by atoms with van der Waals surface area (Å²) in [6.07, 6.45) is -1.41. The van der Waals surface area contributed by atoms with E-state index in [0.717, 1.165) is 22.3 Å². The Balaban J connectivity index is 1.36. The predicted molar refractivity (Wildman–Crippen MR) is 154 cm³/mol. The van der Waals surface area contributed by atoms with Gasteiger partial charge in [-0.2, -0.15) is 0 Å². The summed E-state index contributed by atoms with van der Waals surface area (Å²) in [5, 5.41) is 0. The van der Waals surface area contributed by atoms with Gasteiger partial charge in [-0.1, -0.05) is 121 Å². The average Bonchev–Trinajstić information content (AvgIpc) is 3.01. The molecule has 0 bridgehead atoms. The van der Waals surface area contributed by atoms with Crippen molar-refractivity contribution in [2.45, 2.75) is 51.2 Å². The first-order valence-electron chi connectivity index (χ1n) is 13.9. The summed E-state index contributed by atoms with van der Waals surface area (Å²) in [6, 6.07) is 40.0. The van der Waals surface area contributed by atoms with Crippen LogP contribution in [0.15, 0.2) is 121 Å².